The quantitative estimate of drug-likeness (QED) is 0.682. The van der Waals surface area contributed by atoms with Gasteiger partial charge in [0, 0.05) is 32.9 Å². The number of aryl methyl sites for hydroxylation is 1. The third-order valence-electron chi connectivity index (χ3n) is 3.54. The molecule has 1 heterocycles. The fraction of sp³-hybridized carbons (Fsp3) is 0.389. The molecule has 0 radical (unpaired) electrons. The van der Waals surface area contributed by atoms with E-state index in [1.165, 1.54) is 6.07 Å². The van der Waals surface area contributed by atoms with Gasteiger partial charge in [-0.1, -0.05) is 18.2 Å². The highest BCUT2D eigenvalue weighted by molar-refractivity contribution is 5.92. The summed E-state index contributed by atoms with van der Waals surface area (Å²) in [5.41, 5.74) is 0.859. The number of benzene rings is 1. The minimum Gasteiger partial charge on any atom is -0.385 e. The van der Waals surface area contributed by atoms with Crippen LogP contribution in [0, 0.1) is 12.7 Å². The van der Waals surface area contributed by atoms with Crippen LogP contribution in [0.2, 0.25) is 0 Å². The average Bonchev–Trinajstić information content (AvgIpc) is 2.60. The highest BCUT2D eigenvalue weighted by Gasteiger charge is 2.10. The Bertz CT molecular complexity index is 709. The number of hydrogen-bond acceptors (Lipinski definition) is 5. The molecule has 0 saturated heterocycles. The van der Waals surface area contributed by atoms with Gasteiger partial charge in [0.15, 0.2) is 0 Å². The van der Waals surface area contributed by atoms with Crippen LogP contribution < -0.4 is 10.6 Å². The van der Waals surface area contributed by atoms with Crippen LogP contribution in [0.1, 0.15) is 28.3 Å². The minimum atomic E-state index is -0.304. The second-order valence-corrected chi connectivity index (χ2v) is 5.56. The van der Waals surface area contributed by atoms with Crippen LogP contribution in [-0.2, 0) is 11.2 Å². The van der Waals surface area contributed by atoms with Crippen LogP contribution in [0.15, 0.2) is 30.3 Å². The molecule has 0 bridgehead atoms. The van der Waals surface area contributed by atoms with E-state index in [-0.39, 0.29) is 17.4 Å². The third-order valence-corrected chi connectivity index (χ3v) is 3.54. The molecule has 1 aromatic carbocycles. The van der Waals surface area contributed by atoms with Gasteiger partial charge >= 0.3 is 0 Å². The van der Waals surface area contributed by atoms with Crippen LogP contribution in [0.5, 0.6) is 0 Å². The molecule has 7 heteroatoms. The molecular formula is C18H23FN4O2. The molecule has 2 aromatic rings. The number of anilines is 1. The Hall–Kier alpha value is -2.54. The predicted octanol–water partition coefficient (Wildman–Crippen LogP) is 2.35. The number of nitrogens with zero attached hydrogens (tertiary/aromatic N) is 2. The van der Waals surface area contributed by atoms with E-state index >= 15 is 0 Å². The Kier molecular flexibility index (Phi) is 7.28. The molecule has 0 aliphatic carbocycles. The van der Waals surface area contributed by atoms with Crippen molar-refractivity contribution in [3.05, 3.63) is 53.2 Å². The molecular weight excluding hydrogens is 323 g/mol. The van der Waals surface area contributed by atoms with Crippen molar-refractivity contribution in [2.24, 2.45) is 0 Å². The van der Waals surface area contributed by atoms with Gasteiger partial charge in [0.05, 0.1) is 0 Å². The Morgan fingerprint density at radius 2 is 2.04 bits per heavy atom. The maximum atomic E-state index is 13.6. The fourth-order valence-electron chi connectivity index (χ4n) is 2.31. The lowest BCUT2D eigenvalue weighted by Gasteiger charge is -2.09. The Morgan fingerprint density at radius 1 is 1.24 bits per heavy atom. The van der Waals surface area contributed by atoms with E-state index in [1.54, 1.807) is 38.3 Å². The molecule has 0 unspecified atom stereocenters. The molecule has 0 aliphatic heterocycles. The summed E-state index contributed by atoms with van der Waals surface area (Å²) in [4.78, 5) is 20.7. The first-order valence-corrected chi connectivity index (χ1v) is 8.20. The maximum absolute atomic E-state index is 13.6. The maximum Gasteiger partial charge on any atom is 0.270 e. The Labute approximate surface area is 146 Å². The standard InChI is InChI=1S/C18H23FN4O2/c1-13-22-16(12-17(23-13)20-9-5-11-25-2)18(24)21-10-8-14-6-3-4-7-15(14)19/h3-4,6-7,12H,5,8-11H2,1-2H3,(H,21,24)(H,20,22,23). The van der Waals surface area contributed by atoms with Crippen molar-refractivity contribution in [2.45, 2.75) is 19.8 Å². The number of ether oxygens (including phenoxy) is 1. The lowest BCUT2D eigenvalue weighted by Crippen LogP contribution is -2.27. The SMILES string of the molecule is COCCCNc1cc(C(=O)NCCc2ccccc2F)nc(C)n1. The molecule has 0 atom stereocenters. The lowest BCUT2D eigenvalue weighted by molar-refractivity contribution is 0.0948. The number of aromatic nitrogens is 2. The van der Waals surface area contributed by atoms with Crippen molar-refractivity contribution in [3.8, 4) is 0 Å². The number of carbonyl (C=O) groups excluding carboxylic acids is 1. The van der Waals surface area contributed by atoms with E-state index < -0.39 is 0 Å². The second kappa shape index (κ2) is 9.68. The fourth-order valence-corrected chi connectivity index (χ4v) is 2.31. The summed E-state index contributed by atoms with van der Waals surface area (Å²) in [5, 5.41) is 5.91. The van der Waals surface area contributed by atoms with Crippen molar-refractivity contribution < 1.29 is 13.9 Å². The highest BCUT2D eigenvalue weighted by Crippen LogP contribution is 2.08. The molecule has 0 fully saturated rings. The van der Waals surface area contributed by atoms with E-state index in [4.69, 9.17) is 4.74 Å². The zero-order valence-corrected chi connectivity index (χ0v) is 14.5. The zero-order chi connectivity index (χ0) is 18.1. The second-order valence-electron chi connectivity index (χ2n) is 5.56. The number of halogens is 1. The van der Waals surface area contributed by atoms with Crippen LogP contribution in [-0.4, -0.2) is 42.7 Å². The highest BCUT2D eigenvalue weighted by atomic mass is 19.1. The number of carbonyl (C=O) groups is 1. The largest absolute Gasteiger partial charge is 0.385 e. The van der Waals surface area contributed by atoms with Crippen molar-refractivity contribution in [1.29, 1.82) is 0 Å². The first-order chi connectivity index (χ1) is 12.1. The van der Waals surface area contributed by atoms with Crippen LogP contribution in [0.4, 0.5) is 10.2 Å². The van der Waals surface area contributed by atoms with E-state index in [0.29, 0.717) is 43.3 Å². The summed E-state index contributed by atoms with van der Waals surface area (Å²) in [7, 11) is 1.65. The summed E-state index contributed by atoms with van der Waals surface area (Å²) in [6.07, 6.45) is 1.26. The monoisotopic (exact) mass is 346 g/mol. The number of rotatable bonds is 9. The van der Waals surface area contributed by atoms with Gasteiger partial charge in [-0.3, -0.25) is 4.79 Å². The van der Waals surface area contributed by atoms with Gasteiger partial charge in [0.2, 0.25) is 0 Å². The van der Waals surface area contributed by atoms with Gasteiger partial charge in [-0.25, -0.2) is 14.4 Å². The smallest absolute Gasteiger partial charge is 0.270 e. The van der Waals surface area contributed by atoms with E-state index in [9.17, 15) is 9.18 Å². The topological polar surface area (TPSA) is 76.1 Å². The molecule has 1 aromatic heterocycles. The molecule has 134 valence electrons. The third kappa shape index (κ3) is 6.11. The Morgan fingerprint density at radius 3 is 2.80 bits per heavy atom. The molecule has 1 amide bonds. The molecule has 2 N–H and O–H groups in total. The van der Waals surface area contributed by atoms with Gasteiger partial charge in [0.25, 0.3) is 5.91 Å². The molecule has 25 heavy (non-hydrogen) atoms. The Balaban J connectivity index is 1.90. The van der Waals surface area contributed by atoms with Gasteiger partial charge in [0.1, 0.15) is 23.2 Å². The summed E-state index contributed by atoms with van der Waals surface area (Å²) < 4.78 is 18.6. The summed E-state index contributed by atoms with van der Waals surface area (Å²) in [6.45, 7) is 3.41. The molecule has 0 aliphatic rings. The summed E-state index contributed by atoms with van der Waals surface area (Å²) >= 11 is 0. The van der Waals surface area contributed by atoms with Gasteiger partial charge in [-0.15, -0.1) is 0 Å². The van der Waals surface area contributed by atoms with Crippen molar-refractivity contribution >= 4 is 11.7 Å². The number of hydrogen-bond donors (Lipinski definition) is 2. The van der Waals surface area contributed by atoms with Crippen LogP contribution in [0.25, 0.3) is 0 Å². The van der Waals surface area contributed by atoms with Gasteiger partial charge < -0.3 is 15.4 Å². The number of nitrogens with one attached hydrogen (secondary N) is 2. The first-order valence-electron chi connectivity index (χ1n) is 8.20. The summed E-state index contributed by atoms with van der Waals surface area (Å²) in [6, 6.07) is 8.14. The number of amides is 1. The van der Waals surface area contributed by atoms with Crippen molar-refractivity contribution in [2.75, 3.05) is 32.1 Å². The average molecular weight is 346 g/mol. The van der Waals surface area contributed by atoms with E-state index in [0.717, 1.165) is 6.42 Å². The molecule has 0 saturated carbocycles. The molecule has 0 spiro atoms. The van der Waals surface area contributed by atoms with Crippen molar-refractivity contribution in [1.82, 2.24) is 15.3 Å². The first kappa shape index (κ1) is 18.8. The minimum absolute atomic E-state index is 0.267. The van der Waals surface area contributed by atoms with E-state index in [2.05, 4.69) is 20.6 Å². The normalized spacial score (nSPS) is 10.5. The van der Waals surface area contributed by atoms with E-state index in [1.807, 2.05) is 0 Å². The number of methoxy groups -OCH3 is 1. The summed E-state index contributed by atoms with van der Waals surface area (Å²) in [5.74, 6) is 0.540. The lowest BCUT2D eigenvalue weighted by atomic mass is 10.1. The van der Waals surface area contributed by atoms with Crippen LogP contribution in [0.3, 0.4) is 0 Å². The molecule has 2 rings (SSSR count). The molecule has 6 nitrogen and oxygen atoms in total. The van der Waals surface area contributed by atoms with Gasteiger partial charge in [-0.2, -0.15) is 0 Å². The van der Waals surface area contributed by atoms with Crippen LogP contribution >= 0.6 is 0 Å². The van der Waals surface area contributed by atoms with Crippen molar-refractivity contribution in [3.63, 3.8) is 0 Å². The predicted molar refractivity (Wildman–Crippen MR) is 94.2 cm³/mol. The van der Waals surface area contributed by atoms with Gasteiger partial charge in [-0.05, 0) is 31.4 Å². The zero-order valence-electron chi connectivity index (χ0n) is 14.5.